The summed E-state index contributed by atoms with van der Waals surface area (Å²) in [4.78, 5) is 0.0623. The third-order valence-electron chi connectivity index (χ3n) is 2.22. The van der Waals surface area contributed by atoms with Crippen LogP contribution in [0.3, 0.4) is 0 Å². The van der Waals surface area contributed by atoms with Gasteiger partial charge in [0.1, 0.15) is 0 Å². The predicted octanol–water partition coefficient (Wildman–Crippen LogP) is 1.79. The maximum absolute atomic E-state index is 11.2. The molecule has 0 aliphatic rings. The number of benzene rings is 1. The number of rotatable bonds is 2. The molecule has 0 amide bonds. The number of hydrogen-bond donors (Lipinski definition) is 1. The van der Waals surface area contributed by atoms with Gasteiger partial charge >= 0.3 is 0 Å². The Morgan fingerprint density at radius 3 is 2.13 bits per heavy atom. The summed E-state index contributed by atoms with van der Waals surface area (Å²) in [6.07, 6.45) is 0. The van der Waals surface area contributed by atoms with E-state index in [1.807, 2.05) is 13.0 Å². The van der Waals surface area contributed by atoms with E-state index in [4.69, 9.17) is 4.55 Å². The van der Waals surface area contributed by atoms with Crippen LogP contribution < -0.4 is 5.19 Å². The average molecular weight is 244 g/mol. The minimum absolute atomic E-state index is 0.0623. The van der Waals surface area contributed by atoms with E-state index in [1.54, 1.807) is 6.07 Å². The van der Waals surface area contributed by atoms with Crippen molar-refractivity contribution in [1.29, 1.82) is 0 Å². The molecule has 0 fully saturated rings. The van der Waals surface area contributed by atoms with Gasteiger partial charge in [0.25, 0.3) is 10.1 Å². The highest BCUT2D eigenvalue weighted by Gasteiger charge is 2.25. The zero-order valence-corrected chi connectivity index (χ0v) is 11.2. The molecule has 3 nitrogen and oxygen atoms in total. The first kappa shape index (κ1) is 12.4. The van der Waals surface area contributed by atoms with E-state index in [9.17, 15) is 8.42 Å². The van der Waals surface area contributed by atoms with Gasteiger partial charge in [0.2, 0.25) is 0 Å². The lowest BCUT2D eigenvalue weighted by Gasteiger charge is -2.20. The summed E-state index contributed by atoms with van der Waals surface area (Å²) in [6, 6.07) is 5.04. The Morgan fingerprint density at radius 2 is 1.73 bits per heavy atom. The maximum Gasteiger partial charge on any atom is 0.294 e. The molecule has 0 unspecified atom stereocenters. The van der Waals surface area contributed by atoms with Crippen LogP contribution in [0.1, 0.15) is 5.56 Å². The quantitative estimate of drug-likeness (QED) is 0.637. The molecular formula is C10H16O3SSi. The topological polar surface area (TPSA) is 54.4 Å². The second-order valence-electron chi connectivity index (χ2n) is 4.72. The fraction of sp³-hybridized carbons (Fsp3) is 0.400. The smallest absolute Gasteiger partial charge is 0.282 e. The lowest BCUT2D eigenvalue weighted by atomic mass is 10.2. The highest BCUT2D eigenvalue weighted by atomic mass is 32.2. The molecule has 5 heteroatoms. The highest BCUT2D eigenvalue weighted by Crippen LogP contribution is 2.13. The summed E-state index contributed by atoms with van der Waals surface area (Å²) in [7, 11) is -5.86. The molecule has 1 aromatic rings. The minimum Gasteiger partial charge on any atom is -0.282 e. The van der Waals surface area contributed by atoms with Gasteiger partial charge in [-0.25, -0.2) is 0 Å². The molecule has 0 radical (unpaired) electrons. The lowest BCUT2D eigenvalue weighted by molar-refractivity contribution is 0.484. The van der Waals surface area contributed by atoms with E-state index in [-0.39, 0.29) is 4.90 Å². The molecule has 0 aliphatic carbocycles. The Kier molecular flexibility index (Phi) is 3.09. The van der Waals surface area contributed by atoms with Gasteiger partial charge in [-0.2, -0.15) is 8.42 Å². The molecule has 0 heterocycles. The van der Waals surface area contributed by atoms with Crippen LogP contribution in [0, 0.1) is 6.92 Å². The van der Waals surface area contributed by atoms with Crippen molar-refractivity contribution in [3.8, 4) is 0 Å². The molecule has 84 valence electrons. The van der Waals surface area contributed by atoms with Gasteiger partial charge in [0.05, 0.1) is 13.0 Å². The predicted molar refractivity (Wildman–Crippen MR) is 64.0 cm³/mol. The molecule has 0 aromatic heterocycles. The fourth-order valence-electron chi connectivity index (χ4n) is 1.45. The van der Waals surface area contributed by atoms with Crippen LogP contribution in [-0.2, 0) is 10.1 Å². The average Bonchev–Trinajstić information content (AvgIpc) is 2.00. The Bertz CT molecular complexity index is 472. The van der Waals surface area contributed by atoms with Crippen LogP contribution in [0.25, 0.3) is 0 Å². The van der Waals surface area contributed by atoms with Crippen molar-refractivity contribution in [2.45, 2.75) is 31.5 Å². The monoisotopic (exact) mass is 244 g/mol. The summed E-state index contributed by atoms with van der Waals surface area (Å²) in [6.45, 7) is 8.07. The van der Waals surface area contributed by atoms with E-state index in [0.717, 1.165) is 10.8 Å². The fourth-order valence-corrected chi connectivity index (χ4v) is 4.82. The Labute approximate surface area is 91.9 Å². The largest absolute Gasteiger partial charge is 0.294 e. The lowest BCUT2D eigenvalue weighted by Crippen LogP contribution is -2.41. The molecule has 0 aliphatic heterocycles. The van der Waals surface area contributed by atoms with Crippen molar-refractivity contribution in [3.05, 3.63) is 23.8 Å². The van der Waals surface area contributed by atoms with E-state index in [1.165, 1.54) is 6.07 Å². The third kappa shape index (κ3) is 2.90. The molecule has 0 spiro atoms. The van der Waals surface area contributed by atoms with Crippen LogP contribution in [-0.4, -0.2) is 21.0 Å². The van der Waals surface area contributed by atoms with Crippen molar-refractivity contribution in [2.24, 2.45) is 0 Å². The van der Waals surface area contributed by atoms with Crippen LogP contribution in [0.5, 0.6) is 0 Å². The van der Waals surface area contributed by atoms with Crippen molar-refractivity contribution in [2.75, 3.05) is 0 Å². The second kappa shape index (κ2) is 3.73. The molecule has 0 saturated carbocycles. The summed E-state index contributed by atoms with van der Waals surface area (Å²) >= 11 is 0. The van der Waals surface area contributed by atoms with Gasteiger partial charge in [-0.3, -0.25) is 4.55 Å². The molecule has 0 atom stereocenters. The van der Waals surface area contributed by atoms with Crippen LogP contribution in [0.2, 0.25) is 19.6 Å². The first-order valence-electron chi connectivity index (χ1n) is 4.71. The normalized spacial score (nSPS) is 12.9. The van der Waals surface area contributed by atoms with Gasteiger partial charge < -0.3 is 0 Å². The number of aryl methyl sites for hydroxylation is 1. The molecule has 0 bridgehead atoms. The van der Waals surface area contributed by atoms with E-state index >= 15 is 0 Å². The summed E-state index contributed by atoms with van der Waals surface area (Å²) < 4.78 is 31.5. The summed E-state index contributed by atoms with van der Waals surface area (Å²) in [5, 5.41) is 0.782. The van der Waals surface area contributed by atoms with Crippen molar-refractivity contribution in [1.82, 2.24) is 0 Å². The third-order valence-corrected chi connectivity index (χ3v) is 5.34. The van der Waals surface area contributed by atoms with Crippen LogP contribution in [0.4, 0.5) is 0 Å². The Morgan fingerprint density at radius 1 is 1.20 bits per heavy atom. The Hall–Kier alpha value is -0.653. The summed E-state index contributed by atoms with van der Waals surface area (Å²) in [5.74, 6) is 0. The Balaban J connectivity index is 3.55. The van der Waals surface area contributed by atoms with Crippen LogP contribution >= 0.6 is 0 Å². The first-order chi connectivity index (χ1) is 6.62. The van der Waals surface area contributed by atoms with E-state index in [2.05, 4.69) is 19.6 Å². The second-order valence-corrected chi connectivity index (χ2v) is 11.2. The minimum atomic E-state index is -4.10. The molecule has 1 N–H and O–H groups in total. The zero-order chi connectivity index (χ0) is 11.9. The van der Waals surface area contributed by atoms with E-state index < -0.39 is 18.2 Å². The number of hydrogen-bond acceptors (Lipinski definition) is 2. The first-order valence-corrected chi connectivity index (χ1v) is 9.65. The standard InChI is InChI=1S/C10H16O3SSi/c1-8-5-6-9(14(11,12)13)10(7-8)15(2,3)4/h5-7H,1-4H3,(H,11,12,13). The van der Waals surface area contributed by atoms with Crippen molar-refractivity contribution >= 4 is 23.4 Å². The van der Waals surface area contributed by atoms with Gasteiger partial charge in [-0.05, 0) is 18.2 Å². The molecule has 1 rings (SSSR count). The molecule has 15 heavy (non-hydrogen) atoms. The van der Waals surface area contributed by atoms with Crippen molar-refractivity contribution in [3.63, 3.8) is 0 Å². The maximum atomic E-state index is 11.2. The molecule has 1 aromatic carbocycles. The van der Waals surface area contributed by atoms with Gasteiger partial charge in [0, 0.05) is 0 Å². The SMILES string of the molecule is Cc1ccc(S(=O)(=O)O)c([Si](C)(C)C)c1. The van der Waals surface area contributed by atoms with Gasteiger partial charge in [-0.1, -0.05) is 37.3 Å². The zero-order valence-electron chi connectivity index (χ0n) is 9.40. The molecular weight excluding hydrogens is 228 g/mol. The van der Waals surface area contributed by atoms with Gasteiger partial charge in [-0.15, -0.1) is 0 Å². The van der Waals surface area contributed by atoms with Crippen molar-refractivity contribution < 1.29 is 13.0 Å². The van der Waals surface area contributed by atoms with Crippen LogP contribution in [0.15, 0.2) is 23.1 Å². The molecule has 0 saturated heterocycles. The summed E-state index contributed by atoms with van der Waals surface area (Å²) in [5.41, 5.74) is 1.01. The highest BCUT2D eigenvalue weighted by molar-refractivity contribution is 7.86. The van der Waals surface area contributed by atoms with Gasteiger partial charge in [0.15, 0.2) is 0 Å². The van der Waals surface area contributed by atoms with E-state index in [0.29, 0.717) is 0 Å².